The highest BCUT2D eigenvalue weighted by atomic mass is 16.6. The molecule has 0 saturated heterocycles. The maximum absolute atomic E-state index is 12.4. The molecule has 129 heavy (non-hydrogen) atoms. The Balaban J connectivity index is 0.000000222. The lowest BCUT2D eigenvalue weighted by atomic mass is 9.84. The standard InChI is InChI=1S/C25H44N2O2.C23H28N2O4.C23H29NO2.C17H24N2O4.C17H24N2O3/c1-4-7-9-11-13-15-19-27(20-16-14-12-10-8-5-2)24-18-17-22(21-23(24)26)25(28)29-6-3;1-2-28-22(26)18-13-14-20(24-19-11-7-4-8-12-19)21(15-18)25-23(27)29-16-17-9-5-3-6-10-17;1-2-26-23(25)21-14-13-20(15-18-9-5-3-6-10-18)22(16-21)24-17-19-11-7-4-8-12-19;1-3-23-16(20)12-9-10-14(15(11-12)19-17(21)22-2)18-13-7-5-4-6-8-13;1-3-22-17(21)13-9-10-15(16(11-13)18-12(2)20)19-14-7-5-4-6-8-14/h17-18,21H,4-16,19-20,26H2,1-3H3;3,5-6,9-10,13-15,19,24H,2,4,7-8,11-12,16H2,1H3,(H,25,27);4,7-8,11-14,16,18,24H,2-3,5-6,9-10,15,17H2,1H3;9-11,13,18H,3-8H2,1-2H3,(H,19,21);9-11,14,19H,3-8H2,1-2H3,(H,18,20). The fourth-order valence-electron chi connectivity index (χ4n) is 16.4. The minimum Gasteiger partial charge on any atom is -0.462 e. The van der Waals surface area contributed by atoms with E-state index in [0.717, 1.165) is 104 Å². The Morgan fingerprint density at radius 2 is 0.705 bits per heavy atom. The summed E-state index contributed by atoms with van der Waals surface area (Å²) in [6, 6.07) is 48.1. The van der Waals surface area contributed by atoms with Crippen molar-refractivity contribution in [2.24, 2.45) is 5.92 Å². The third kappa shape index (κ3) is 39.7. The first-order valence-electron chi connectivity index (χ1n) is 48.0. The van der Waals surface area contributed by atoms with E-state index in [1.54, 1.807) is 69.3 Å². The molecule has 0 heterocycles. The van der Waals surface area contributed by atoms with Crippen molar-refractivity contribution in [1.82, 2.24) is 0 Å². The summed E-state index contributed by atoms with van der Waals surface area (Å²) in [6.07, 6.45) is 39.9. The topological polar surface area (TPSA) is 315 Å². The fourth-order valence-corrected chi connectivity index (χ4v) is 16.4. The van der Waals surface area contributed by atoms with Crippen molar-refractivity contribution in [1.29, 1.82) is 0 Å². The number of methoxy groups -OCH3 is 1. The van der Waals surface area contributed by atoms with Gasteiger partial charge >= 0.3 is 42.0 Å². The Hall–Kier alpha value is -11.3. The molecular weight excluding hydrogens is 1630 g/mol. The third-order valence-electron chi connectivity index (χ3n) is 23.3. The number of anilines is 9. The van der Waals surface area contributed by atoms with Crippen molar-refractivity contribution in [3.8, 4) is 0 Å². The number of nitrogens with one attached hydrogen (secondary N) is 7. The maximum atomic E-state index is 12.4. The van der Waals surface area contributed by atoms with E-state index in [1.165, 1.54) is 192 Å². The molecule has 24 heteroatoms. The molecule has 7 aromatic carbocycles. The average molecular weight is 1780 g/mol. The predicted octanol–water partition coefficient (Wildman–Crippen LogP) is 25.3. The van der Waals surface area contributed by atoms with E-state index >= 15 is 0 Å². The van der Waals surface area contributed by atoms with Crippen LogP contribution in [0.4, 0.5) is 60.8 Å². The molecule has 0 bridgehead atoms. The maximum Gasteiger partial charge on any atom is 0.412 e. The second-order valence-electron chi connectivity index (χ2n) is 33.5. The second kappa shape index (κ2) is 61.3. The number of benzene rings is 7. The van der Waals surface area contributed by atoms with Gasteiger partial charge in [-0.15, -0.1) is 0 Å². The smallest absolute Gasteiger partial charge is 0.412 e. The van der Waals surface area contributed by atoms with Crippen molar-refractivity contribution in [2.75, 3.05) is 101 Å². The second-order valence-corrected chi connectivity index (χ2v) is 33.5. The summed E-state index contributed by atoms with van der Waals surface area (Å²) in [4.78, 5) is 97.7. The number of nitrogen functional groups attached to an aromatic ring is 1. The van der Waals surface area contributed by atoms with Gasteiger partial charge in [0.15, 0.2) is 0 Å². The lowest BCUT2D eigenvalue weighted by Gasteiger charge is -2.26. The fraction of sp³-hybridized carbons (Fsp3) is 0.524. The first kappa shape index (κ1) is 105. The number of rotatable bonds is 41. The summed E-state index contributed by atoms with van der Waals surface area (Å²) in [5.41, 5.74) is 19.1. The van der Waals surface area contributed by atoms with Gasteiger partial charge in [-0.3, -0.25) is 15.4 Å². The van der Waals surface area contributed by atoms with Gasteiger partial charge in [0, 0.05) is 50.4 Å². The monoisotopic (exact) mass is 1780 g/mol. The number of nitrogens with two attached hydrogens (primary N) is 1. The van der Waals surface area contributed by atoms with Crippen molar-refractivity contribution >= 4 is 99.1 Å². The Morgan fingerprint density at radius 1 is 0.357 bits per heavy atom. The van der Waals surface area contributed by atoms with E-state index in [9.17, 15) is 38.4 Å². The van der Waals surface area contributed by atoms with Crippen LogP contribution < -0.4 is 47.9 Å². The zero-order valence-electron chi connectivity index (χ0n) is 78.6. The predicted molar refractivity (Wildman–Crippen MR) is 521 cm³/mol. The average Bonchev–Trinajstić information content (AvgIpc) is 0.850. The molecule has 704 valence electrons. The van der Waals surface area contributed by atoms with Crippen LogP contribution in [-0.2, 0) is 57.5 Å². The minimum atomic E-state index is -0.572. The van der Waals surface area contributed by atoms with Gasteiger partial charge in [-0.2, -0.15) is 0 Å². The molecule has 24 nitrogen and oxygen atoms in total. The van der Waals surface area contributed by atoms with Gasteiger partial charge in [0.05, 0.1) is 113 Å². The van der Waals surface area contributed by atoms with Crippen molar-refractivity contribution < 1.29 is 71.5 Å². The normalized spacial score (nSPS) is 13.8. The summed E-state index contributed by atoms with van der Waals surface area (Å²) < 4.78 is 35.3. The van der Waals surface area contributed by atoms with E-state index < -0.39 is 24.1 Å². The molecule has 4 fully saturated rings. The Kier molecular flexibility index (Phi) is 49.7. The number of nitrogens with zero attached hydrogens (tertiary/aromatic N) is 1. The van der Waals surface area contributed by atoms with E-state index in [2.05, 4.69) is 91.0 Å². The molecule has 0 atom stereocenters. The van der Waals surface area contributed by atoms with Gasteiger partial charge in [-0.25, -0.2) is 33.6 Å². The van der Waals surface area contributed by atoms with Gasteiger partial charge in [0.2, 0.25) is 5.91 Å². The third-order valence-corrected chi connectivity index (χ3v) is 23.3. The zero-order chi connectivity index (χ0) is 92.6. The first-order valence-corrected chi connectivity index (χ1v) is 48.0. The van der Waals surface area contributed by atoms with E-state index in [0.29, 0.717) is 102 Å². The molecular formula is C105H149N9O15. The number of unbranched alkanes of at least 4 members (excludes halogenated alkanes) is 10. The van der Waals surface area contributed by atoms with Gasteiger partial charge in [0.25, 0.3) is 0 Å². The molecule has 3 amide bonds. The Morgan fingerprint density at radius 3 is 1.09 bits per heavy atom. The van der Waals surface area contributed by atoms with Gasteiger partial charge < -0.3 is 70.4 Å². The molecule has 7 aromatic rings. The lowest BCUT2D eigenvalue weighted by molar-refractivity contribution is -0.114. The van der Waals surface area contributed by atoms with Crippen LogP contribution in [0.1, 0.15) is 329 Å². The van der Waals surface area contributed by atoms with Crippen LogP contribution in [0.5, 0.6) is 0 Å². The minimum absolute atomic E-state index is 0.160. The molecule has 0 unspecified atom stereocenters. The van der Waals surface area contributed by atoms with Crippen molar-refractivity contribution in [3.05, 3.63) is 196 Å². The number of amides is 3. The van der Waals surface area contributed by atoms with Crippen LogP contribution in [0.2, 0.25) is 0 Å². The highest BCUT2D eigenvalue weighted by molar-refractivity contribution is 5.99. The van der Waals surface area contributed by atoms with Crippen LogP contribution in [-0.4, -0.2) is 119 Å². The van der Waals surface area contributed by atoms with Crippen molar-refractivity contribution in [2.45, 2.75) is 299 Å². The van der Waals surface area contributed by atoms with Crippen LogP contribution >= 0.6 is 0 Å². The van der Waals surface area contributed by atoms with E-state index in [-0.39, 0.29) is 30.4 Å². The molecule has 9 N–H and O–H groups in total. The number of hydrogen-bond acceptors (Lipinski definition) is 21. The molecule has 4 aliphatic carbocycles. The molecule has 0 spiro atoms. The van der Waals surface area contributed by atoms with Gasteiger partial charge in [-0.1, -0.05) is 235 Å². The summed E-state index contributed by atoms with van der Waals surface area (Å²) >= 11 is 0. The van der Waals surface area contributed by atoms with Crippen LogP contribution in [0.25, 0.3) is 0 Å². The summed E-state index contributed by atoms with van der Waals surface area (Å²) in [6.45, 7) is 19.6. The van der Waals surface area contributed by atoms with E-state index in [1.807, 2.05) is 86.6 Å². The van der Waals surface area contributed by atoms with Crippen molar-refractivity contribution in [3.63, 3.8) is 0 Å². The summed E-state index contributed by atoms with van der Waals surface area (Å²) in [5.74, 6) is -1.16. The van der Waals surface area contributed by atoms with Crippen LogP contribution in [0.3, 0.4) is 0 Å². The molecule has 0 aliphatic heterocycles. The van der Waals surface area contributed by atoms with Gasteiger partial charge in [0.1, 0.15) is 6.61 Å². The quantitative estimate of drug-likeness (QED) is 0.00764. The zero-order valence-corrected chi connectivity index (χ0v) is 78.6. The van der Waals surface area contributed by atoms with Crippen LogP contribution in [0.15, 0.2) is 152 Å². The Labute approximate surface area is 768 Å². The van der Waals surface area contributed by atoms with E-state index in [4.69, 9.17) is 34.2 Å². The highest BCUT2D eigenvalue weighted by Crippen LogP contribution is 2.35. The Bertz CT molecular complexity index is 4450. The number of hydrogen-bond donors (Lipinski definition) is 8. The molecule has 4 aliphatic rings. The highest BCUT2D eigenvalue weighted by Gasteiger charge is 2.24. The number of carbonyl (C=O) groups is 8. The van der Waals surface area contributed by atoms with Gasteiger partial charge in [-0.05, 0) is 200 Å². The SMILES string of the molecule is CCCCCCCCN(CCCCCCCC)c1ccc(C(=O)OCC)cc1N.CCOC(=O)c1ccc(CC2CCCCC2)c(NCc2ccccc2)c1.CCOC(=O)c1ccc(NC2CCCCC2)c(NC(=O)OC)c1.CCOC(=O)c1ccc(NC2CCCCC2)c(NC(=O)OCc2ccccc2)c1.CCOC(=O)c1ccc(NC2CCCCC2)c(NC(C)=O)c1. The number of ether oxygens (including phenoxy) is 7. The summed E-state index contributed by atoms with van der Waals surface area (Å²) in [5, 5.41) is 22.2. The molecule has 11 rings (SSSR count). The number of esters is 5. The molecule has 0 aromatic heterocycles. The lowest BCUT2D eigenvalue weighted by Crippen LogP contribution is -2.26. The number of carbonyl (C=O) groups excluding carboxylic acids is 8. The largest absolute Gasteiger partial charge is 0.462 e. The first-order chi connectivity index (χ1) is 62.8. The molecule has 0 radical (unpaired) electrons. The van der Waals surface area contributed by atoms with Crippen LogP contribution in [0, 0.1) is 5.92 Å². The summed E-state index contributed by atoms with van der Waals surface area (Å²) in [7, 11) is 1.30. The molecule has 4 saturated carbocycles.